The number of aromatic nitrogens is 3. The third kappa shape index (κ3) is 3.22. The van der Waals surface area contributed by atoms with Crippen LogP contribution in [-0.4, -0.2) is 43.5 Å². The number of aliphatic carboxylic acids is 1. The fraction of sp³-hybridized carbons (Fsp3) is 0.231. The number of pyridine rings is 1. The molecule has 0 saturated carbocycles. The van der Waals surface area contributed by atoms with E-state index in [1.165, 1.54) is 10.9 Å². The molecule has 0 bridgehead atoms. The summed E-state index contributed by atoms with van der Waals surface area (Å²) in [5.41, 5.74) is 0.878. The average molecular weight is 306 g/mol. The molecule has 2 heterocycles. The third-order valence-corrected chi connectivity index (χ3v) is 3.27. The van der Waals surface area contributed by atoms with Gasteiger partial charge in [0.2, 0.25) is 0 Å². The normalized spacial score (nSPS) is 11.9. The molecular weight excluding hydrogens is 292 g/mol. The van der Waals surface area contributed by atoms with Crippen LogP contribution in [0.15, 0.2) is 30.6 Å². The molecule has 0 aliphatic carbocycles. The molecule has 8 heteroatoms. The fourth-order valence-corrected chi connectivity index (χ4v) is 2.01. The number of nitrogens with one attached hydrogen (secondary N) is 1. The summed E-state index contributed by atoms with van der Waals surface area (Å²) in [6.07, 6.45) is 3.01. The Balaban J connectivity index is 2.24. The Morgan fingerprint density at radius 1 is 1.48 bits per heavy atom. The van der Waals surface area contributed by atoms with Crippen molar-refractivity contribution < 1.29 is 14.7 Å². The van der Waals surface area contributed by atoms with Gasteiger partial charge in [0.05, 0.1) is 17.5 Å². The van der Waals surface area contributed by atoms with Gasteiger partial charge in [-0.3, -0.25) is 4.79 Å². The highest BCUT2D eigenvalue weighted by molar-refractivity contribution is 7.80. The molecular formula is C13H14N4O3S. The molecule has 2 rings (SSSR count). The summed E-state index contributed by atoms with van der Waals surface area (Å²) in [7, 11) is 0. The molecule has 0 aliphatic heterocycles. The van der Waals surface area contributed by atoms with Gasteiger partial charge < -0.3 is 10.4 Å². The molecule has 2 aromatic heterocycles. The molecule has 0 aromatic carbocycles. The van der Waals surface area contributed by atoms with E-state index in [4.69, 9.17) is 5.11 Å². The third-order valence-electron chi connectivity index (χ3n) is 2.91. The van der Waals surface area contributed by atoms with E-state index >= 15 is 0 Å². The number of hydrogen-bond acceptors (Lipinski definition) is 5. The van der Waals surface area contributed by atoms with Crippen LogP contribution in [0.3, 0.4) is 0 Å². The monoisotopic (exact) mass is 306 g/mol. The summed E-state index contributed by atoms with van der Waals surface area (Å²) in [4.78, 5) is 27.2. The Labute approximate surface area is 126 Å². The van der Waals surface area contributed by atoms with Crippen LogP contribution >= 0.6 is 12.6 Å². The van der Waals surface area contributed by atoms with Gasteiger partial charge in [0.15, 0.2) is 5.82 Å². The Morgan fingerprint density at radius 3 is 2.81 bits per heavy atom. The second-order valence-corrected chi connectivity index (χ2v) is 4.66. The summed E-state index contributed by atoms with van der Waals surface area (Å²) in [6.45, 7) is 1.72. The van der Waals surface area contributed by atoms with E-state index in [0.717, 1.165) is 0 Å². The molecule has 0 fully saturated rings. The zero-order valence-corrected chi connectivity index (χ0v) is 12.1. The first-order valence-electron chi connectivity index (χ1n) is 6.15. The smallest absolute Gasteiger partial charge is 0.327 e. The maximum atomic E-state index is 12.1. The Morgan fingerprint density at radius 2 is 2.24 bits per heavy atom. The van der Waals surface area contributed by atoms with Crippen molar-refractivity contribution in [3.8, 4) is 5.82 Å². The van der Waals surface area contributed by atoms with Gasteiger partial charge >= 0.3 is 5.97 Å². The predicted molar refractivity (Wildman–Crippen MR) is 78.8 cm³/mol. The number of thiol groups is 1. The summed E-state index contributed by atoms with van der Waals surface area (Å²) in [5, 5.41) is 15.4. The number of carboxylic acids is 1. The SMILES string of the molecule is Cc1c(C(=O)NC(CS)C(=O)O)cnn1-c1ccccn1. The van der Waals surface area contributed by atoms with Gasteiger partial charge in [-0.15, -0.1) is 0 Å². The van der Waals surface area contributed by atoms with Gasteiger partial charge in [-0.2, -0.15) is 17.7 Å². The van der Waals surface area contributed by atoms with Crippen molar-refractivity contribution in [2.75, 3.05) is 5.75 Å². The van der Waals surface area contributed by atoms with Crippen molar-refractivity contribution >= 4 is 24.5 Å². The standard InChI is InChI=1S/C13H14N4O3S/c1-8-9(12(18)16-10(7-21)13(19)20)6-15-17(8)11-4-2-3-5-14-11/h2-6,10,21H,7H2,1H3,(H,16,18)(H,19,20). The number of nitrogens with zero attached hydrogens (tertiary/aromatic N) is 3. The lowest BCUT2D eigenvalue weighted by Gasteiger charge is -2.11. The Kier molecular flexibility index (Phi) is 4.59. The average Bonchev–Trinajstić information content (AvgIpc) is 2.87. The molecule has 0 spiro atoms. The zero-order valence-electron chi connectivity index (χ0n) is 11.2. The maximum Gasteiger partial charge on any atom is 0.327 e. The highest BCUT2D eigenvalue weighted by atomic mass is 32.1. The van der Waals surface area contributed by atoms with Gasteiger partial charge in [0.1, 0.15) is 6.04 Å². The highest BCUT2D eigenvalue weighted by Gasteiger charge is 2.22. The van der Waals surface area contributed by atoms with Crippen molar-refractivity contribution in [2.24, 2.45) is 0 Å². The summed E-state index contributed by atoms with van der Waals surface area (Å²) < 4.78 is 1.52. The zero-order chi connectivity index (χ0) is 15.4. The maximum absolute atomic E-state index is 12.1. The second kappa shape index (κ2) is 6.40. The van der Waals surface area contributed by atoms with Gasteiger partial charge in [0.25, 0.3) is 5.91 Å². The molecule has 1 atom stereocenters. The van der Waals surface area contributed by atoms with Crippen molar-refractivity contribution in [1.29, 1.82) is 0 Å². The largest absolute Gasteiger partial charge is 0.480 e. The lowest BCUT2D eigenvalue weighted by Crippen LogP contribution is -2.42. The molecule has 1 unspecified atom stereocenters. The minimum atomic E-state index is -1.13. The molecule has 110 valence electrons. The van der Waals surface area contributed by atoms with E-state index in [-0.39, 0.29) is 5.75 Å². The molecule has 2 N–H and O–H groups in total. The molecule has 21 heavy (non-hydrogen) atoms. The topological polar surface area (TPSA) is 97.1 Å². The highest BCUT2D eigenvalue weighted by Crippen LogP contribution is 2.12. The molecule has 7 nitrogen and oxygen atoms in total. The first-order chi connectivity index (χ1) is 10.0. The van der Waals surface area contributed by atoms with Crippen molar-refractivity contribution in [3.05, 3.63) is 41.9 Å². The molecule has 0 saturated heterocycles. The van der Waals surface area contributed by atoms with E-state index in [9.17, 15) is 9.59 Å². The van der Waals surface area contributed by atoms with Crippen LogP contribution in [0.1, 0.15) is 16.1 Å². The van der Waals surface area contributed by atoms with E-state index in [1.807, 2.05) is 6.07 Å². The molecule has 2 aromatic rings. The Bertz CT molecular complexity index is 657. The summed E-state index contributed by atoms with van der Waals surface area (Å²) in [6, 6.07) is 4.30. The Hall–Kier alpha value is -2.35. The lowest BCUT2D eigenvalue weighted by molar-refractivity contribution is -0.138. The fourth-order valence-electron chi connectivity index (χ4n) is 1.76. The van der Waals surface area contributed by atoms with E-state index in [1.54, 1.807) is 25.3 Å². The number of carboxylic acid groups (broad SMARTS) is 1. The van der Waals surface area contributed by atoms with E-state index in [2.05, 4.69) is 28.0 Å². The van der Waals surface area contributed by atoms with Crippen LogP contribution in [0.25, 0.3) is 5.82 Å². The van der Waals surface area contributed by atoms with Crippen molar-refractivity contribution in [2.45, 2.75) is 13.0 Å². The molecule has 1 amide bonds. The van der Waals surface area contributed by atoms with E-state index < -0.39 is 17.9 Å². The van der Waals surface area contributed by atoms with Crippen molar-refractivity contribution in [3.63, 3.8) is 0 Å². The van der Waals surface area contributed by atoms with Gasteiger partial charge in [0, 0.05) is 11.9 Å². The van der Waals surface area contributed by atoms with Crippen LogP contribution in [-0.2, 0) is 4.79 Å². The van der Waals surface area contributed by atoms with Crippen LogP contribution in [0.5, 0.6) is 0 Å². The van der Waals surface area contributed by atoms with Gasteiger partial charge in [-0.05, 0) is 19.1 Å². The quantitative estimate of drug-likeness (QED) is 0.706. The minimum absolute atomic E-state index is 0.00843. The summed E-state index contributed by atoms with van der Waals surface area (Å²) in [5.74, 6) is -1.05. The van der Waals surface area contributed by atoms with Crippen LogP contribution in [0.2, 0.25) is 0 Å². The molecule has 0 radical (unpaired) electrons. The number of hydrogen-bond donors (Lipinski definition) is 3. The van der Waals surface area contributed by atoms with E-state index in [0.29, 0.717) is 17.1 Å². The summed E-state index contributed by atoms with van der Waals surface area (Å²) >= 11 is 3.90. The first-order valence-corrected chi connectivity index (χ1v) is 6.78. The minimum Gasteiger partial charge on any atom is -0.480 e. The number of carbonyl (C=O) groups is 2. The predicted octanol–water partition coefficient (Wildman–Crippen LogP) is 0.689. The van der Waals surface area contributed by atoms with Crippen LogP contribution in [0, 0.1) is 6.92 Å². The number of rotatable bonds is 5. The van der Waals surface area contributed by atoms with Gasteiger partial charge in [-0.25, -0.2) is 14.5 Å². The van der Waals surface area contributed by atoms with Crippen LogP contribution < -0.4 is 5.32 Å². The first kappa shape index (κ1) is 15.0. The molecule has 0 aliphatic rings. The lowest BCUT2D eigenvalue weighted by atomic mass is 10.2. The second-order valence-electron chi connectivity index (χ2n) is 4.29. The van der Waals surface area contributed by atoms with Crippen LogP contribution in [0.4, 0.5) is 0 Å². The van der Waals surface area contributed by atoms with Gasteiger partial charge in [-0.1, -0.05) is 6.07 Å². The number of carbonyl (C=O) groups excluding carboxylic acids is 1. The van der Waals surface area contributed by atoms with Crippen molar-refractivity contribution in [1.82, 2.24) is 20.1 Å². The number of amides is 1.